The lowest BCUT2D eigenvalue weighted by Gasteiger charge is -2.26. The number of amides is 1. The van der Waals surface area contributed by atoms with E-state index in [2.05, 4.69) is 30.5 Å². The van der Waals surface area contributed by atoms with E-state index in [1.165, 1.54) is 10.7 Å². The van der Waals surface area contributed by atoms with Crippen LogP contribution in [0, 0.1) is 0 Å². The number of anilines is 1. The molecule has 0 aliphatic carbocycles. The standard InChI is InChI=1S/C26H28N10O3S/c1-4-18(35(2)26(37)21-15-30-34-33-21)10-11-20-22(40(3,38)39)23(27)36-25(32-20)19(14-31-36)17-12-28-24(29-13-17)16-8-6-5-7-9-16/h5-9,12-15,18H,4,10-11,27H2,1-3H3,(H,30,33,34). The zero-order valence-corrected chi connectivity index (χ0v) is 23.0. The summed E-state index contributed by atoms with van der Waals surface area (Å²) in [6.45, 7) is 1.95. The Bertz CT molecular complexity index is 1750. The van der Waals surface area contributed by atoms with Gasteiger partial charge in [0.15, 0.2) is 27.0 Å². The van der Waals surface area contributed by atoms with E-state index in [0.29, 0.717) is 41.1 Å². The van der Waals surface area contributed by atoms with Crippen LogP contribution in [0.2, 0.25) is 0 Å². The summed E-state index contributed by atoms with van der Waals surface area (Å²) >= 11 is 0. The Labute approximate surface area is 230 Å². The number of benzene rings is 1. The maximum atomic E-state index is 12.8. The molecular weight excluding hydrogens is 532 g/mol. The molecule has 0 saturated carbocycles. The highest BCUT2D eigenvalue weighted by Gasteiger charge is 2.27. The van der Waals surface area contributed by atoms with Gasteiger partial charge in [0.2, 0.25) is 0 Å². The first-order valence-corrected chi connectivity index (χ1v) is 14.4. The van der Waals surface area contributed by atoms with Gasteiger partial charge in [-0.2, -0.15) is 25.0 Å². The number of H-pyrrole nitrogens is 1. The molecule has 4 aromatic heterocycles. The molecule has 0 spiro atoms. The van der Waals surface area contributed by atoms with E-state index < -0.39 is 9.84 Å². The minimum absolute atomic E-state index is 0.0318. The summed E-state index contributed by atoms with van der Waals surface area (Å²) in [5.41, 5.74) is 9.41. The number of fused-ring (bicyclic) bond motifs is 1. The minimum atomic E-state index is -3.75. The predicted molar refractivity (Wildman–Crippen MR) is 148 cm³/mol. The van der Waals surface area contributed by atoms with Gasteiger partial charge in [-0.1, -0.05) is 37.3 Å². The number of nitrogen functional groups attached to an aromatic ring is 1. The number of aryl methyl sites for hydroxylation is 1. The average molecular weight is 561 g/mol. The maximum Gasteiger partial charge on any atom is 0.276 e. The van der Waals surface area contributed by atoms with Crippen LogP contribution in [0.3, 0.4) is 0 Å². The van der Waals surface area contributed by atoms with Crippen molar-refractivity contribution in [3.63, 3.8) is 0 Å². The number of nitrogens with zero attached hydrogens (tertiary/aromatic N) is 8. The van der Waals surface area contributed by atoms with E-state index in [9.17, 15) is 13.2 Å². The van der Waals surface area contributed by atoms with Crippen molar-refractivity contribution in [3.8, 4) is 22.5 Å². The van der Waals surface area contributed by atoms with E-state index >= 15 is 0 Å². The molecule has 0 bridgehead atoms. The highest BCUT2D eigenvalue weighted by Crippen LogP contribution is 2.30. The predicted octanol–water partition coefficient (Wildman–Crippen LogP) is 2.44. The van der Waals surface area contributed by atoms with Crippen molar-refractivity contribution in [2.24, 2.45) is 0 Å². The lowest BCUT2D eigenvalue weighted by molar-refractivity contribution is 0.0713. The van der Waals surface area contributed by atoms with E-state index in [1.807, 2.05) is 37.3 Å². The number of aromatic amines is 1. The first-order chi connectivity index (χ1) is 19.2. The summed E-state index contributed by atoms with van der Waals surface area (Å²) in [5, 5.41) is 14.3. The molecule has 5 aromatic rings. The van der Waals surface area contributed by atoms with Gasteiger partial charge in [0.25, 0.3) is 5.91 Å². The van der Waals surface area contributed by atoms with Gasteiger partial charge in [-0.3, -0.25) is 4.79 Å². The van der Waals surface area contributed by atoms with Gasteiger partial charge in [-0.25, -0.2) is 23.4 Å². The smallest absolute Gasteiger partial charge is 0.276 e. The van der Waals surface area contributed by atoms with Crippen LogP contribution in [0.25, 0.3) is 28.2 Å². The van der Waals surface area contributed by atoms with Crippen molar-refractivity contribution in [2.45, 2.75) is 37.1 Å². The van der Waals surface area contributed by atoms with Crippen LogP contribution in [0.1, 0.15) is 35.9 Å². The normalized spacial score (nSPS) is 12.5. The van der Waals surface area contributed by atoms with Crippen LogP contribution in [-0.2, 0) is 16.3 Å². The molecule has 3 N–H and O–H groups in total. The van der Waals surface area contributed by atoms with Gasteiger partial charge in [-0.15, -0.1) is 0 Å². The summed E-state index contributed by atoms with van der Waals surface area (Å²) in [6, 6.07) is 9.38. The van der Waals surface area contributed by atoms with Crippen LogP contribution >= 0.6 is 0 Å². The second-order valence-electron chi connectivity index (χ2n) is 9.37. The van der Waals surface area contributed by atoms with Crippen molar-refractivity contribution in [1.82, 2.24) is 44.9 Å². The lowest BCUT2D eigenvalue weighted by atomic mass is 10.0. The Hall–Kier alpha value is -4.72. The van der Waals surface area contributed by atoms with Crippen molar-refractivity contribution in [3.05, 3.63) is 66.5 Å². The zero-order valence-electron chi connectivity index (χ0n) is 22.2. The largest absolute Gasteiger partial charge is 0.382 e. The maximum absolute atomic E-state index is 12.8. The van der Waals surface area contributed by atoms with Crippen molar-refractivity contribution >= 4 is 27.2 Å². The van der Waals surface area contributed by atoms with Gasteiger partial charge in [0.1, 0.15) is 10.7 Å². The topological polar surface area (TPSA) is 178 Å². The van der Waals surface area contributed by atoms with Gasteiger partial charge in [-0.05, 0) is 19.3 Å². The Morgan fingerprint density at radius 3 is 2.45 bits per heavy atom. The van der Waals surface area contributed by atoms with E-state index in [-0.39, 0.29) is 34.8 Å². The fourth-order valence-corrected chi connectivity index (χ4v) is 5.70. The molecular formula is C26H28N10O3S. The Balaban J connectivity index is 1.50. The Morgan fingerprint density at radius 1 is 1.10 bits per heavy atom. The molecule has 1 atom stereocenters. The summed E-state index contributed by atoms with van der Waals surface area (Å²) < 4.78 is 26.9. The van der Waals surface area contributed by atoms with Crippen molar-refractivity contribution in [2.75, 3.05) is 19.0 Å². The van der Waals surface area contributed by atoms with E-state index in [0.717, 1.165) is 11.8 Å². The molecule has 0 radical (unpaired) electrons. The third-order valence-corrected chi connectivity index (χ3v) is 7.95. The van der Waals surface area contributed by atoms with Gasteiger partial charge < -0.3 is 10.6 Å². The SMILES string of the molecule is CCC(CCc1nc2c(-c3cnc(-c4ccccc4)nc3)cnn2c(N)c1S(C)(=O)=O)N(C)C(=O)c1cn[nH]n1. The summed E-state index contributed by atoms with van der Waals surface area (Å²) in [4.78, 5) is 28.0. The third kappa shape index (κ3) is 5.12. The molecule has 0 aliphatic rings. The highest BCUT2D eigenvalue weighted by molar-refractivity contribution is 7.91. The average Bonchev–Trinajstić information content (AvgIpc) is 3.64. The minimum Gasteiger partial charge on any atom is -0.382 e. The molecule has 5 rings (SSSR count). The number of hydrogen-bond acceptors (Lipinski definition) is 10. The van der Waals surface area contributed by atoms with Crippen molar-refractivity contribution < 1.29 is 13.2 Å². The third-order valence-electron chi connectivity index (χ3n) is 6.76. The van der Waals surface area contributed by atoms with Gasteiger partial charge in [0.05, 0.1) is 18.1 Å². The first-order valence-electron chi connectivity index (χ1n) is 12.6. The quantitative estimate of drug-likeness (QED) is 0.272. The number of rotatable bonds is 9. The zero-order chi connectivity index (χ0) is 28.4. The van der Waals surface area contributed by atoms with Crippen LogP contribution in [0.15, 0.2) is 60.0 Å². The molecule has 0 aliphatic heterocycles. The number of aromatic nitrogens is 8. The summed E-state index contributed by atoms with van der Waals surface area (Å²) in [6.07, 6.45) is 8.70. The van der Waals surface area contributed by atoms with Crippen LogP contribution in [0.5, 0.6) is 0 Å². The van der Waals surface area contributed by atoms with E-state index in [1.54, 1.807) is 30.5 Å². The molecule has 13 nitrogen and oxygen atoms in total. The Morgan fingerprint density at radius 2 is 1.82 bits per heavy atom. The highest BCUT2D eigenvalue weighted by atomic mass is 32.2. The fraction of sp³-hybridized carbons (Fsp3) is 0.269. The molecule has 0 saturated heterocycles. The second-order valence-corrected chi connectivity index (χ2v) is 11.3. The summed E-state index contributed by atoms with van der Waals surface area (Å²) in [7, 11) is -2.07. The number of carbonyl (C=O) groups excluding carboxylic acids is 1. The number of hydrogen-bond donors (Lipinski definition) is 2. The number of nitrogens with two attached hydrogens (primary N) is 1. The van der Waals surface area contributed by atoms with Crippen LogP contribution in [-0.4, -0.2) is 78.5 Å². The van der Waals surface area contributed by atoms with Crippen LogP contribution in [0.4, 0.5) is 5.82 Å². The monoisotopic (exact) mass is 560 g/mol. The molecule has 1 unspecified atom stereocenters. The fourth-order valence-electron chi connectivity index (χ4n) is 4.66. The van der Waals surface area contributed by atoms with Gasteiger partial charge >= 0.3 is 0 Å². The molecule has 14 heteroatoms. The molecule has 4 heterocycles. The van der Waals surface area contributed by atoms with E-state index in [4.69, 9.17) is 10.7 Å². The molecule has 1 aromatic carbocycles. The Kier molecular flexibility index (Phi) is 7.26. The van der Waals surface area contributed by atoms with Crippen molar-refractivity contribution in [1.29, 1.82) is 0 Å². The molecule has 206 valence electrons. The molecule has 0 fully saturated rings. The second kappa shape index (κ2) is 10.8. The summed E-state index contributed by atoms with van der Waals surface area (Å²) in [5.74, 6) is 0.253. The molecule has 40 heavy (non-hydrogen) atoms. The first kappa shape index (κ1) is 26.9. The lowest BCUT2D eigenvalue weighted by Crippen LogP contribution is -2.37. The number of carbonyl (C=O) groups is 1. The number of nitrogens with one attached hydrogen (secondary N) is 1. The van der Waals surface area contributed by atoms with Crippen LogP contribution < -0.4 is 5.73 Å². The molecule has 1 amide bonds. The number of sulfone groups is 1. The van der Waals surface area contributed by atoms with Gasteiger partial charge in [0, 0.05) is 48.4 Å².